The van der Waals surface area contributed by atoms with Gasteiger partial charge in [-0.1, -0.05) is 0 Å². The van der Waals surface area contributed by atoms with E-state index in [-0.39, 0.29) is 11.9 Å². The van der Waals surface area contributed by atoms with Gasteiger partial charge in [-0.15, -0.1) is 0 Å². The molecule has 3 atom stereocenters. The van der Waals surface area contributed by atoms with E-state index in [1.165, 1.54) is 6.20 Å². The molecule has 3 heterocycles. The van der Waals surface area contributed by atoms with Crippen LogP contribution in [0.25, 0.3) is 0 Å². The molecule has 2 aliphatic rings. The van der Waals surface area contributed by atoms with Gasteiger partial charge in [0.25, 0.3) is 5.91 Å². The molecule has 2 fully saturated rings. The number of nitrogens with two attached hydrogens (primary N) is 2. The zero-order valence-electron chi connectivity index (χ0n) is 15.9. The number of rotatable bonds is 4. The van der Waals surface area contributed by atoms with Gasteiger partial charge < -0.3 is 21.7 Å². The van der Waals surface area contributed by atoms with E-state index in [2.05, 4.69) is 15.2 Å². The second kappa shape index (κ2) is 7.14. The molecule has 0 radical (unpaired) electrons. The molecule has 0 spiro atoms. The number of amides is 2. The second-order valence-corrected chi connectivity index (χ2v) is 7.78. The lowest BCUT2D eigenvalue weighted by Crippen LogP contribution is -2.50. The van der Waals surface area contributed by atoms with E-state index in [0.717, 1.165) is 37.1 Å². The summed E-state index contributed by atoms with van der Waals surface area (Å²) in [6, 6.07) is 9.77. The number of aryl methyl sites for hydroxylation is 1. The number of hydrogen-bond donors (Lipinski definition) is 3. The summed E-state index contributed by atoms with van der Waals surface area (Å²) in [6.07, 6.45) is 5.47. The first-order chi connectivity index (χ1) is 13.4. The third-order valence-corrected chi connectivity index (χ3v) is 5.86. The Balaban J connectivity index is 1.45. The summed E-state index contributed by atoms with van der Waals surface area (Å²) in [4.78, 5) is 30.7. The first-order valence-corrected chi connectivity index (χ1v) is 9.63. The number of hydrogen-bond acceptors (Lipinski definition) is 5. The van der Waals surface area contributed by atoms with Crippen LogP contribution in [0.2, 0.25) is 0 Å². The molecule has 4 rings (SSSR count). The van der Waals surface area contributed by atoms with Crippen LogP contribution >= 0.6 is 0 Å². The predicted molar refractivity (Wildman–Crippen MR) is 108 cm³/mol. The molecule has 1 aromatic heterocycles. The van der Waals surface area contributed by atoms with Crippen LogP contribution in [0, 0.1) is 6.92 Å². The van der Waals surface area contributed by atoms with Crippen molar-refractivity contribution < 1.29 is 9.59 Å². The largest absolute Gasteiger partial charge is 0.399 e. The number of anilines is 2. The van der Waals surface area contributed by atoms with Crippen molar-refractivity contribution >= 4 is 23.3 Å². The van der Waals surface area contributed by atoms with Gasteiger partial charge in [-0.25, -0.2) is 4.98 Å². The number of primary amides is 1. The summed E-state index contributed by atoms with van der Waals surface area (Å²) < 4.78 is 0. The molecule has 7 nitrogen and oxygen atoms in total. The molecule has 1 aromatic carbocycles. The molecule has 28 heavy (non-hydrogen) atoms. The fourth-order valence-electron chi connectivity index (χ4n) is 4.56. The van der Waals surface area contributed by atoms with Crippen molar-refractivity contribution in [2.75, 3.05) is 10.6 Å². The molecule has 2 amide bonds. The first-order valence-electron chi connectivity index (χ1n) is 9.63. The zero-order chi connectivity index (χ0) is 19.8. The maximum absolute atomic E-state index is 12.7. The lowest BCUT2D eigenvalue weighted by Gasteiger charge is -2.40. The van der Waals surface area contributed by atoms with Crippen LogP contribution in [-0.2, 0) is 0 Å². The van der Waals surface area contributed by atoms with Gasteiger partial charge in [-0.2, -0.15) is 0 Å². The Morgan fingerprint density at radius 3 is 2.43 bits per heavy atom. The maximum Gasteiger partial charge on any atom is 0.251 e. The van der Waals surface area contributed by atoms with Crippen LogP contribution in [0.3, 0.4) is 0 Å². The molecule has 0 unspecified atom stereocenters. The Labute approximate surface area is 164 Å². The van der Waals surface area contributed by atoms with Crippen molar-refractivity contribution in [1.29, 1.82) is 0 Å². The Hall–Kier alpha value is -3.09. The lowest BCUT2D eigenvalue weighted by atomic mass is 9.96. The van der Waals surface area contributed by atoms with Crippen LogP contribution in [0.15, 0.2) is 36.5 Å². The number of benzene rings is 1. The summed E-state index contributed by atoms with van der Waals surface area (Å²) in [5.74, 6) is 0.359. The fourth-order valence-corrected chi connectivity index (χ4v) is 4.56. The number of nitrogen functional groups attached to an aromatic ring is 1. The summed E-state index contributed by atoms with van der Waals surface area (Å²) in [5.41, 5.74) is 13.7. The van der Waals surface area contributed by atoms with Crippen molar-refractivity contribution in [3.63, 3.8) is 0 Å². The van der Waals surface area contributed by atoms with E-state index in [0.29, 0.717) is 28.9 Å². The molecule has 7 heteroatoms. The van der Waals surface area contributed by atoms with Gasteiger partial charge in [0.15, 0.2) is 0 Å². The first kappa shape index (κ1) is 18.3. The van der Waals surface area contributed by atoms with Crippen LogP contribution in [0.5, 0.6) is 0 Å². The highest BCUT2D eigenvalue weighted by molar-refractivity contribution is 5.96. The van der Waals surface area contributed by atoms with Crippen LogP contribution in [0.4, 0.5) is 11.5 Å². The minimum absolute atomic E-state index is 0.0423. The standard InChI is InChI=1S/C21H25N5O2/c1-12-8-14(22)3-6-18(12)21(28)25-15-9-16-4-5-17(10-15)26(16)19-7-2-13(11-24-19)20(23)27/h2-3,6-8,11,15-17H,4-5,9-10,22H2,1H3,(H2,23,27)(H,25,28)/t15-,16+,17-. The van der Waals surface area contributed by atoms with Crippen LogP contribution < -0.4 is 21.7 Å². The molecule has 2 aromatic rings. The number of carbonyl (C=O) groups excluding carboxylic acids is 2. The molecule has 2 saturated heterocycles. The van der Waals surface area contributed by atoms with Crippen LogP contribution in [0.1, 0.15) is 52.0 Å². The third kappa shape index (κ3) is 3.40. The minimum atomic E-state index is -0.471. The number of nitrogens with one attached hydrogen (secondary N) is 1. The summed E-state index contributed by atoms with van der Waals surface area (Å²) in [7, 11) is 0. The Bertz CT molecular complexity index is 898. The van der Waals surface area contributed by atoms with E-state index in [4.69, 9.17) is 11.5 Å². The monoisotopic (exact) mass is 379 g/mol. The fraction of sp³-hybridized carbons (Fsp3) is 0.381. The lowest BCUT2D eigenvalue weighted by molar-refractivity contribution is 0.0925. The van der Waals surface area contributed by atoms with E-state index in [1.54, 1.807) is 18.2 Å². The topological polar surface area (TPSA) is 114 Å². The van der Waals surface area contributed by atoms with Gasteiger partial charge in [0, 0.05) is 35.6 Å². The number of aromatic nitrogens is 1. The molecule has 2 aliphatic heterocycles. The number of carbonyl (C=O) groups is 2. The number of nitrogens with zero attached hydrogens (tertiary/aromatic N) is 2. The second-order valence-electron chi connectivity index (χ2n) is 7.78. The van der Waals surface area contributed by atoms with Gasteiger partial charge in [-0.05, 0) is 68.5 Å². The number of pyridine rings is 1. The normalized spacial score (nSPS) is 23.5. The maximum atomic E-state index is 12.7. The Morgan fingerprint density at radius 2 is 1.86 bits per heavy atom. The van der Waals surface area contributed by atoms with Gasteiger partial charge in [0.2, 0.25) is 5.91 Å². The highest BCUT2D eigenvalue weighted by Gasteiger charge is 2.41. The molecule has 146 valence electrons. The van der Waals surface area contributed by atoms with Crippen molar-refractivity contribution in [3.8, 4) is 0 Å². The zero-order valence-corrected chi connectivity index (χ0v) is 15.9. The predicted octanol–water partition coefficient (Wildman–Crippen LogP) is 2.00. The SMILES string of the molecule is Cc1cc(N)ccc1C(=O)N[C@H]1C[C@H]2CC[C@@H](C1)N2c1ccc(C(N)=O)cn1. The minimum Gasteiger partial charge on any atom is -0.399 e. The summed E-state index contributed by atoms with van der Waals surface area (Å²) in [6.45, 7) is 1.90. The van der Waals surface area contributed by atoms with Crippen LogP contribution in [-0.4, -0.2) is 34.9 Å². The van der Waals surface area contributed by atoms with E-state index >= 15 is 0 Å². The molecule has 5 N–H and O–H groups in total. The number of fused-ring (bicyclic) bond motifs is 2. The van der Waals surface area contributed by atoms with Gasteiger partial charge in [0.05, 0.1) is 5.56 Å². The van der Waals surface area contributed by atoms with Crippen molar-refractivity contribution in [1.82, 2.24) is 10.3 Å². The van der Waals surface area contributed by atoms with Gasteiger partial charge in [-0.3, -0.25) is 9.59 Å². The molecular weight excluding hydrogens is 354 g/mol. The average Bonchev–Trinajstić information content (AvgIpc) is 2.92. The third-order valence-electron chi connectivity index (χ3n) is 5.86. The van der Waals surface area contributed by atoms with E-state index in [1.807, 2.05) is 19.1 Å². The molecule has 2 bridgehead atoms. The summed E-state index contributed by atoms with van der Waals surface area (Å²) in [5, 5.41) is 3.20. The van der Waals surface area contributed by atoms with Gasteiger partial charge in [0.1, 0.15) is 5.82 Å². The average molecular weight is 379 g/mol. The highest BCUT2D eigenvalue weighted by Crippen LogP contribution is 2.38. The molecular formula is C21H25N5O2. The molecule has 0 saturated carbocycles. The van der Waals surface area contributed by atoms with Crippen molar-refractivity contribution in [3.05, 3.63) is 53.2 Å². The van der Waals surface area contributed by atoms with Gasteiger partial charge >= 0.3 is 0 Å². The van der Waals surface area contributed by atoms with Crippen molar-refractivity contribution in [2.24, 2.45) is 5.73 Å². The Morgan fingerprint density at radius 1 is 1.14 bits per heavy atom. The molecule has 0 aliphatic carbocycles. The smallest absolute Gasteiger partial charge is 0.251 e. The summed E-state index contributed by atoms with van der Waals surface area (Å²) >= 11 is 0. The highest BCUT2D eigenvalue weighted by atomic mass is 16.2. The number of piperidine rings is 1. The quantitative estimate of drug-likeness (QED) is 0.703. The Kier molecular flexibility index (Phi) is 4.66. The van der Waals surface area contributed by atoms with E-state index in [9.17, 15) is 9.59 Å². The van der Waals surface area contributed by atoms with Crippen molar-refractivity contribution in [2.45, 2.75) is 50.7 Å². The van der Waals surface area contributed by atoms with E-state index < -0.39 is 5.91 Å².